The maximum atomic E-state index is 10.6. The SMILES string of the molecule is Cc1cc(C=CC(=O)O)c(C)n1-c1cccc(Br)c1. The number of aliphatic carboxylic acids is 1. The van der Waals surface area contributed by atoms with E-state index in [0.717, 1.165) is 33.2 Å². The molecule has 0 aliphatic rings. The molecule has 3 nitrogen and oxygen atoms in total. The Labute approximate surface area is 120 Å². The van der Waals surface area contributed by atoms with Gasteiger partial charge in [-0.25, -0.2) is 4.79 Å². The van der Waals surface area contributed by atoms with Gasteiger partial charge in [0.15, 0.2) is 0 Å². The lowest BCUT2D eigenvalue weighted by molar-refractivity contribution is -0.131. The van der Waals surface area contributed by atoms with E-state index in [1.165, 1.54) is 0 Å². The zero-order valence-corrected chi connectivity index (χ0v) is 12.3. The first-order valence-electron chi connectivity index (χ1n) is 5.85. The van der Waals surface area contributed by atoms with Crippen molar-refractivity contribution >= 4 is 28.0 Å². The molecule has 1 N–H and O–H groups in total. The Morgan fingerprint density at radius 3 is 2.68 bits per heavy atom. The summed E-state index contributed by atoms with van der Waals surface area (Å²) in [5.41, 5.74) is 4.06. The van der Waals surface area contributed by atoms with Gasteiger partial charge in [-0.3, -0.25) is 0 Å². The minimum Gasteiger partial charge on any atom is -0.478 e. The topological polar surface area (TPSA) is 42.2 Å². The van der Waals surface area contributed by atoms with Gasteiger partial charge in [-0.15, -0.1) is 0 Å². The van der Waals surface area contributed by atoms with Gasteiger partial charge in [0.1, 0.15) is 0 Å². The molecule has 0 spiro atoms. The lowest BCUT2D eigenvalue weighted by Crippen LogP contribution is -1.98. The summed E-state index contributed by atoms with van der Waals surface area (Å²) < 4.78 is 3.12. The number of halogens is 1. The molecule has 0 atom stereocenters. The quantitative estimate of drug-likeness (QED) is 0.870. The zero-order valence-electron chi connectivity index (χ0n) is 10.7. The van der Waals surface area contributed by atoms with Gasteiger partial charge < -0.3 is 9.67 Å². The number of carbonyl (C=O) groups is 1. The first-order valence-corrected chi connectivity index (χ1v) is 6.64. The van der Waals surface area contributed by atoms with Gasteiger partial charge >= 0.3 is 5.97 Å². The molecule has 4 heteroatoms. The van der Waals surface area contributed by atoms with Crippen LogP contribution >= 0.6 is 15.9 Å². The normalized spacial score (nSPS) is 11.1. The number of carboxylic acid groups (broad SMARTS) is 1. The van der Waals surface area contributed by atoms with Crippen LogP contribution in [0.25, 0.3) is 11.8 Å². The van der Waals surface area contributed by atoms with Crippen molar-refractivity contribution in [2.45, 2.75) is 13.8 Å². The third-order valence-corrected chi connectivity index (χ3v) is 3.44. The van der Waals surface area contributed by atoms with Crippen LogP contribution in [0.3, 0.4) is 0 Å². The van der Waals surface area contributed by atoms with Gasteiger partial charge in [0.2, 0.25) is 0 Å². The molecule has 0 bridgehead atoms. The summed E-state index contributed by atoms with van der Waals surface area (Å²) in [5.74, 6) is -0.938. The molecule has 19 heavy (non-hydrogen) atoms. The molecule has 0 saturated heterocycles. The third-order valence-electron chi connectivity index (χ3n) is 2.94. The van der Waals surface area contributed by atoms with Crippen LogP contribution in [0, 0.1) is 13.8 Å². The smallest absolute Gasteiger partial charge is 0.328 e. The molecule has 0 unspecified atom stereocenters. The maximum absolute atomic E-state index is 10.6. The van der Waals surface area contributed by atoms with Gasteiger partial charge in [0.25, 0.3) is 0 Å². The fraction of sp³-hybridized carbons (Fsp3) is 0.133. The molecule has 98 valence electrons. The lowest BCUT2D eigenvalue weighted by atomic mass is 10.2. The molecule has 0 radical (unpaired) electrons. The first kappa shape index (κ1) is 13.6. The van der Waals surface area contributed by atoms with E-state index in [1.54, 1.807) is 6.08 Å². The fourth-order valence-electron chi connectivity index (χ4n) is 2.13. The van der Waals surface area contributed by atoms with Crippen LogP contribution in [0.15, 0.2) is 40.9 Å². The summed E-state index contributed by atoms with van der Waals surface area (Å²) in [6.45, 7) is 3.99. The average Bonchev–Trinajstić information content (AvgIpc) is 2.62. The standard InChI is InChI=1S/C15H14BrNO2/c1-10-8-12(6-7-15(18)19)11(2)17(10)14-5-3-4-13(16)9-14/h3-9H,1-2H3,(H,18,19). The highest BCUT2D eigenvalue weighted by Crippen LogP contribution is 2.23. The van der Waals surface area contributed by atoms with Crippen LogP contribution < -0.4 is 0 Å². The molecule has 2 aromatic rings. The summed E-state index contributed by atoms with van der Waals surface area (Å²) >= 11 is 3.46. The Kier molecular flexibility index (Phi) is 3.90. The van der Waals surface area contributed by atoms with Crippen molar-refractivity contribution in [1.29, 1.82) is 0 Å². The van der Waals surface area contributed by atoms with E-state index >= 15 is 0 Å². The zero-order chi connectivity index (χ0) is 14.0. The Morgan fingerprint density at radius 1 is 1.32 bits per heavy atom. The van der Waals surface area contributed by atoms with E-state index in [-0.39, 0.29) is 0 Å². The van der Waals surface area contributed by atoms with Crippen molar-refractivity contribution in [3.05, 3.63) is 57.8 Å². The van der Waals surface area contributed by atoms with Gasteiger partial charge in [0, 0.05) is 27.6 Å². The van der Waals surface area contributed by atoms with Crippen LogP contribution in [0.2, 0.25) is 0 Å². The third kappa shape index (κ3) is 2.96. The summed E-state index contributed by atoms with van der Waals surface area (Å²) in [4.78, 5) is 10.6. The van der Waals surface area contributed by atoms with Crippen LogP contribution in [0.1, 0.15) is 17.0 Å². The summed E-state index contributed by atoms with van der Waals surface area (Å²) in [6, 6.07) is 9.99. The largest absolute Gasteiger partial charge is 0.478 e. The van der Waals surface area contributed by atoms with Crippen LogP contribution in [0.4, 0.5) is 0 Å². The second-order valence-corrected chi connectivity index (χ2v) is 5.23. The van der Waals surface area contributed by atoms with Crippen molar-refractivity contribution in [2.75, 3.05) is 0 Å². The first-order chi connectivity index (χ1) is 8.99. The molecule has 1 aromatic heterocycles. The molecular formula is C15H14BrNO2. The second-order valence-electron chi connectivity index (χ2n) is 4.31. The van der Waals surface area contributed by atoms with Crippen molar-refractivity contribution in [3.63, 3.8) is 0 Å². The highest BCUT2D eigenvalue weighted by Gasteiger charge is 2.09. The molecule has 2 rings (SSSR count). The number of aromatic nitrogens is 1. The fourth-order valence-corrected chi connectivity index (χ4v) is 2.52. The Balaban J connectivity index is 2.51. The summed E-state index contributed by atoms with van der Waals surface area (Å²) in [7, 11) is 0. The molecule has 0 amide bonds. The second kappa shape index (κ2) is 5.45. The predicted molar refractivity (Wildman–Crippen MR) is 79.6 cm³/mol. The van der Waals surface area contributed by atoms with Crippen molar-refractivity contribution in [1.82, 2.24) is 4.57 Å². The lowest BCUT2D eigenvalue weighted by Gasteiger charge is -2.09. The highest BCUT2D eigenvalue weighted by atomic mass is 79.9. The Morgan fingerprint density at radius 2 is 2.05 bits per heavy atom. The van der Waals surface area contributed by atoms with E-state index in [0.29, 0.717) is 0 Å². The molecule has 1 aromatic carbocycles. The van der Waals surface area contributed by atoms with Gasteiger partial charge in [0.05, 0.1) is 0 Å². The Bertz CT molecular complexity index is 656. The van der Waals surface area contributed by atoms with Crippen LogP contribution in [0.5, 0.6) is 0 Å². The van der Waals surface area contributed by atoms with Gasteiger partial charge in [-0.05, 0) is 49.8 Å². The van der Waals surface area contributed by atoms with E-state index in [4.69, 9.17) is 5.11 Å². The number of carboxylic acids is 1. The van der Waals surface area contributed by atoms with Gasteiger partial charge in [-0.1, -0.05) is 22.0 Å². The summed E-state index contributed by atoms with van der Waals surface area (Å²) in [6.07, 6.45) is 2.78. The summed E-state index contributed by atoms with van der Waals surface area (Å²) in [5, 5.41) is 8.70. The Hall–Kier alpha value is -1.81. The number of hydrogen-bond acceptors (Lipinski definition) is 1. The number of benzene rings is 1. The minimum absolute atomic E-state index is 0.917. The number of aryl methyl sites for hydroxylation is 1. The number of rotatable bonds is 3. The molecule has 0 saturated carbocycles. The van der Waals surface area contributed by atoms with E-state index in [2.05, 4.69) is 20.5 Å². The molecule has 0 fully saturated rings. The predicted octanol–water partition coefficient (Wildman–Crippen LogP) is 3.95. The van der Waals surface area contributed by atoms with Crippen LogP contribution in [-0.4, -0.2) is 15.6 Å². The molecule has 1 heterocycles. The number of nitrogens with zero attached hydrogens (tertiary/aromatic N) is 1. The van der Waals surface area contributed by atoms with E-state index in [9.17, 15) is 4.79 Å². The average molecular weight is 320 g/mol. The highest BCUT2D eigenvalue weighted by molar-refractivity contribution is 9.10. The van der Waals surface area contributed by atoms with E-state index in [1.807, 2.05) is 44.2 Å². The van der Waals surface area contributed by atoms with Crippen LogP contribution in [-0.2, 0) is 4.79 Å². The van der Waals surface area contributed by atoms with Crippen molar-refractivity contribution in [3.8, 4) is 5.69 Å². The van der Waals surface area contributed by atoms with E-state index < -0.39 is 5.97 Å². The molecule has 0 aliphatic heterocycles. The number of hydrogen-bond donors (Lipinski definition) is 1. The van der Waals surface area contributed by atoms with Crippen molar-refractivity contribution in [2.24, 2.45) is 0 Å². The molecular weight excluding hydrogens is 306 g/mol. The van der Waals surface area contributed by atoms with Crippen molar-refractivity contribution < 1.29 is 9.90 Å². The van der Waals surface area contributed by atoms with Gasteiger partial charge in [-0.2, -0.15) is 0 Å². The minimum atomic E-state index is -0.938. The monoisotopic (exact) mass is 319 g/mol. The maximum Gasteiger partial charge on any atom is 0.328 e. The molecule has 0 aliphatic carbocycles.